The van der Waals surface area contributed by atoms with Crippen molar-refractivity contribution in [3.8, 4) is 0 Å². The summed E-state index contributed by atoms with van der Waals surface area (Å²) in [6.07, 6.45) is 5.75. The average molecular weight is 356 g/mol. The zero-order valence-corrected chi connectivity index (χ0v) is 15.0. The molecule has 0 aromatic carbocycles. The van der Waals surface area contributed by atoms with Crippen molar-refractivity contribution in [1.82, 2.24) is 20.3 Å². The lowest BCUT2D eigenvalue weighted by Crippen LogP contribution is -2.47. The van der Waals surface area contributed by atoms with E-state index < -0.39 is 0 Å². The number of ether oxygens (including phenoxy) is 1. The molecule has 0 saturated carbocycles. The minimum Gasteiger partial charge on any atom is -0.385 e. The highest BCUT2D eigenvalue weighted by atomic mass is 16.5. The number of nitrogens with zero attached hydrogens (tertiary/aromatic N) is 5. The monoisotopic (exact) mass is 356 g/mol. The molecule has 138 valence electrons. The Labute approximate surface area is 153 Å². The first-order chi connectivity index (χ1) is 12.8. The number of methoxy groups -OCH3 is 1. The van der Waals surface area contributed by atoms with Crippen LogP contribution in [-0.2, 0) is 4.74 Å². The molecule has 1 fully saturated rings. The van der Waals surface area contributed by atoms with Gasteiger partial charge in [-0.15, -0.1) is 0 Å². The molecule has 0 atom stereocenters. The van der Waals surface area contributed by atoms with Crippen LogP contribution in [0, 0.1) is 0 Å². The molecule has 1 saturated heterocycles. The number of anilines is 2. The topological polar surface area (TPSA) is 83.5 Å². The second-order valence-electron chi connectivity index (χ2n) is 6.04. The number of hydrogen-bond donors (Lipinski definition) is 1. The van der Waals surface area contributed by atoms with Gasteiger partial charge in [0.15, 0.2) is 0 Å². The summed E-state index contributed by atoms with van der Waals surface area (Å²) in [6, 6.07) is 5.94. The number of aromatic nitrogens is 3. The van der Waals surface area contributed by atoms with Crippen molar-refractivity contribution in [2.75, 3.05) is 56.2 Å². The Kier molecular flexibility index (Phi) is 6.32. The fourth-order valence-electron chi connectivity index (χ4n) is 2.80. The van der Waals surface area contributed by atoms with Gasteiger partial charge >= 0.3 is 0 Å². The second kappa shape index (κ2) is 9.10. The molecule has 26 heavy (non-hydrogen) atoms. The van der Waals surface area contributed by atoms with Crippen LogP contribution in [0.1, 0.15) is 16.8 Å². The number of rotatable bonds is 7. The summed E-state index contributed by atoms with van der Waals surface area (Å²) in [5, 5.41) is 2.83. The number of amides is 1. The highest BCUT2D eigenvalue weighted by molar-refractivity contribution is 5.93. The molecule has 1 amide bonds. The normalized spacial score (nSPS) is 14.3. The van der Waals surface area contributed by atoms with E-state index >= 15 is 0 Å². The van der Waals surface area contributed by atoms with Gasteiger partial charge in [-0.3, -0.25) is 4.79 Å². The smallest absolute Gasteiger partial charge is 0.254 e. The molecule has 0 radical (unpaired) electrons. The first-order valence-electron chi connectivity index (χ1n) is 8.78. The lowest BCUT2D eigenvalue weighted by Gasteiger charge is -2.35. The van der Waals surface area contributed by atoms with E-state index in [1.807, 2.05) is 24.4 Å². The molecule has 1 aliphatic rings. The summed E-state index contributed by atoms with van der Waals surface area (Å²) in [6.45, 7) is 4.56. The number of nitrogens with one attached hydrogen (secondary N) is 1. The maximum absolute atomic E-state index is 12.0. The molecule has 3 rings (SSSR count). The van der Waals surface area contributed by atoms with Crippen LogP contribution < -0.4 is 15.1 Å². The van der Waals surface area contributed by atoms with Crippen LogP contribution in [0.5, 0.6) is 0 Å². The zero-order chi connectivity index (χ0) is 18.2. The summed E-state index contributed by atoms with van der Waals surface area (Å²) in [5.74, 6) is 1.49. The zero-order valence-electron chi connectivity index (χ0n) is 15.0. The van der Waals surface area contributed by atoms with Crippen molar-refractivity contribution >= 4 is 17.7 Å². The molecule has 1 N–H and O–H groups in total. The Morgan fingerprint density at radius 1 is 1.12 bits per heavy atom. The lowest BCUT2D eigenvalue weighted by atomic mass is 10.3. The van der Waals surface area contributed by atoms with E-state index in [0.717, 1.165) is 38.4 Å². The fraction of sp³-hybridized carbons (Fsp3) is 0.444. The van der Waals surface area contributed by atoms with Gasteiger partial charge < -0.3 is 19.9 Å². The van der Waals surface area contributed by atoms with Crippen LogP contribution in [0.25, 0.3) is 0 Å². The largest absolute Gasteiger partial charge is 0.385 e. The fourth-order valence-corrected chi connectivity index (χ4v) is 2.80. The summed E-state index contributed by atoms with van der Waals surface area (Å²) in [4.78, 5) is 29.5. The highest BCUT2D eigenvalue weighted by Gasteiger charge is 2.20. The van der Waals surface area contributed by atoms with Crippen molar-refractivity contribution in [3.05, 3.63) is 42.4 Å². The summed E-state index contributed by atoms with van der Waals surface area (Å²) >= 11 is 0. The molecule has 2 aromatic heterocycles. The highest BCUT2D eigenvalue weighted by Crippen LogP contribution is 2.15. The predicted molar refractivity (Wildman–Crippen MR) is 99.5 cm³/mol. The van der Waals surface area contributed by atoms with Gasteiger partial charge in [-0.1, -0.05) is 6.07 Å². The summed E-state index contributed by atoms with van der Waals surface area (Å²) < 4.78 is 4.96. The predicted octanol–water partition coefficient (Wildman–Crippen LogP) is 0.964. The number of piperazine rings is 1. The molecular weight excluding hydrogens is 332 g/mol. The molecular formula is C18H24N6O2. The van der Waals surface area contributed by atoms with Crippen molar-refractivity contribution in [2.45, 2.75) is 6.42 Å². The standard InChI is InChI=1S/C18H24N6O2/c1-26-12-4-7-20-17(25)15-13-21-18(22-14-15)24-10-8-23(9-11-24)16-5-2-3-6-19-16/h2-3,5-6,13-14H,4,7-12H2,1H3,(H,20,25). The molecule has 0 bridgehead atoms. The van der Waals surface area contributed by atoms with Crippen LogP contribution in [-0.4, -0.2) is 67.3 Å². The van der Waals surface area contributed by atoms with E-state index in [9.17, 15) is 4.79 Å². The quantitative estimate of drug-likeness (QED) is 0.740. The number of hydrogen-bond acceptors (Lipinski definition) is 7. The van der Waals surface area contributed by atoms with Gasteiger partial charge in [0.2, 0.25) is 5.95 Å². The third-order valence-corrected chi connectivity index (χ3v) is 4.25. The van der Waals surface area contributed by atoms with Gasteiger partial charge in [-0.25, -0.2) is 15.0 Å². The van der Waals surface area contributed by atoms with E-state index in [0.29, 0.717) is 24.7 Å². The van der Waals surface area contributed by atoms with Gasteiger partial charge in [0, 0.05) is 65.0 Å². The minimum atomic E-state index is -0.160. The van der Waals surface area contributed by atoms with Crippen molar-refractivity contribution in [1.29, 1.82) is 0 Å². The summed E-state index contributed by atoms with van der Waals surface area (Å²) in [5.41, 5.74) is 0.471. The molecule has 0 aliphatic carbocycles. The van der Waals surface area contributed by atoms with Crippen LogP contribution in [0.4, 0.5) is 11.8 Å². The third-order valence-electron chi connectivity index (χ3n) is 4.25. The van der Waals surface area contributed by atoms with E-state index in [2.05, 4.69) is 30.1 Å². The third kappa shape index (κ3) is 4.66. The van der Waals surface area contributed by atoms with E-state index in [4.69, 9.17) is 4.74 Å². The van der Waals surface area contributed by atoms with Crippen molar-refractivity contribution in [2.24, 2.45) is 0 Å². The van der Waals surface area contributed by atoms with Gasteiger partial charge in [0.1, 0.15) is 5.82 Å². The van der Waals surface area contributed by atoms with Gasteiger partial charge in [-0.05, 0) is 18.6 Å². The molecule has 3 heterocycles. The van der Waals surface area contributed by atoms with E-state index in [-0.39, 0.29) is 5.91 Å². The maximum atomic E-state index is 12.0. The van der Waals surface area contributed by atoms with Gasteiger partial charge in [0.05, 0.1) is 5.56 Å². The molecule has 0 spiro atoms. The van der Waals surface area contributed by atoms with Gasteiger partial charge in [-0.2, -0.15) is 0 Å². The second-order valence-corrected chi connectivity index (χ2v) is 6.04. The molecule has 8 heteroatoms. The Balaban J connectivity index is 1.51. The number of carbonyl (C=O) groups is 1. The van der Waals surface area contributed by atoms with Crippen LogP contribution in [0.3, 0.4) is 0 Å². The first kappa shape index (κ1) is 18.1. The minimum absolute atomic E-state index is 0.160. The van der Waals surface area contributed by atoms with E-state index in [1.165, 1.54) is 0 Å². The number of pyridine rings is 1. The molecule has 8 nitrogen and oxygen atoms in total. The van der Waals surface area contributed by atoms with Crippen LogP contribution >= 0.6 is 0 Å². The summed E-state index contributed by atoms with van der Waals surface area (Å²) in [7, 11) is 1.64. The Morgan fingerprint density at radius 3 is 2.50 bits per heavy atom. The SMILES string of the molecule is COCCCNC(=O)c1cnc(N2CCN(c3ccccn3)CC2)nc1. The van der Waals surface area contributed by atoms with Crippen molar-refractivity contribution < 1.29 is 9.53 Å². The Morgan fingerprint density at radius 2 is 1.85 bits per heavy atom. The maximum Gasteiger partial charge on any atom is 0.254 e. The van der Waals surface area contributed by atoms with Crippen molar-refractivity contribution in [3.63, 3.8) is 0 Å². The molecule has 2 aromatic rings. The lowest BCUT2D eigenvalue weighted by molar-refractivity contribution is 0.0948. The van der Waals surface area contributed by atoms with Gasteiger partial charge in [0.25, 0.3) is 5.91 Å². The average Bonchev–Trinajstić information content (AvgIpc) is 2.72. The van der Waals surface area contributed by atoms with E-state index in [1.54, 1.807) is 19.5 Å². The van der Waals surface area contributed by atoms with Crippen LogP contribution in [0.2, 0.25) is 0 Å². The van der Waals surface area contributed by atoms with Crippen LogP contribution in [0.15, 0.2) is 36.8 Å². The Bertz CT molecular complexity index is 687. The first-order valence-corrected chi connectivity index (χ1v) is 8.78. The molecule has 1 aliphatic heterocycles. The number of carbonyl (C=O) groups excluding carboxylic acids is 1. The Hall–Kier alpha value is -2.74. The molecule has 0 unspecified atom stereocenters.